The Morgan fingerprint density at radius 2 is 0.857 bits per heavy atom. The molecule has 0 saturated carbocycles. The average Bonchev–Trinajstić information content (AvgIpc) is 3.35. The van der Waals surface area contributed by atoms with Crippen LogP contribution in [0.25, 0.3) is 0 Å². The fourth-order valence-corrected chi connectivity index (χ4v) is 5.34. The molecule has 0 heterocycles. The van der Waals surface area contributed by atoms with Crippen molar-refractivity contribution in [2.24, 2.45) is 5.73 Å². The lowest BCUT2D eigenvalue weighted by Gasteiger charge is -2.18. The van der Waals surface area contributed by atoms with Crippen LogP contribution < -0.4 is 32.3 Å². The molecule has 402 valence electrons. The van der Waals surface area contributed by atoms with Gasteiger partial charge in [0.25, 0.3) is 0 Å². The number of ether oxygens (including phenoxy) is 12. The van der Waals surface area contributed by atoms with Gasteiger partial charge in [0, 0.05) is 26.5 Å². The van der Waals surface area contributed by atoms with Crippen LogP contribution in [0.1, 0.15) is 18.4 Å². The van der Waals surface area contributed by atoms with Gasteiger partial charge in [-0.2, -0.15) is 0 Å². The first kappa shape index (κ1) is 63.5. The van der Waals surface area contributed by atoms with Gasteiger partial charge < -0.3 is 94.3 Å². The predicted octanol–water partition coefficient (Wildman–Crippen LogP) is -2.80. The molecular formula is C45H78N6O19. The van der Waals surface area contributed by atoms with E-state index in [2.05, 4.69) is 26.6 Å². The van der Waals surface area contributed by atoms with Crippen molar-refractivity contribution in [3.8, 4) is 0 Å². The molecule has 0 aliphatic carbocycles. The van der Waals surface area contributed by atoms with Crippen LogP contribution >= 0.6 is 0 Å². The summed E-state index contributed by atoms with van der Waals surface area (Å²) in [4.78, 5) is 72.6. The minimum Gasteiger partial charge on any atom is -0.480 e. The van der Waals surface area contributed by atoms with Gasteiger partial charge in [0.1, 0.15) is 12.6 Å². The second kappa shape index (κ2) is 46.9. The number of carbonyl (C=O) groups is 6. The molecule has 0 saturated heterocycles. The van der Waals surface area contributed by atoms with Gasteiger partial charge in [-0.05, 0) is 12.0 Å². The SMILES string of the molecule is COCCOCCOCCOCCOCCOCCOCCOCCOCCOCCOCCOCCNC(=O)CC[C@H](N)C(=O)NCC(=O)NCC(=O)N[C@@H](Cc1ccccc1)C(=O)NCC(=O)O. The second-order valence-corrected chi connectivity index (χ2v) is 14.6. The Balaban J connectivity index is 1.87. The Morgan fingerprint density at radius 3 is 1.27 bits per heavy atom. The summed E-state index contributed by atoms with van der Waals surface area (Å²) in [5.41, 5.74) is 6.59. The lowest BCUT2D eigenvalue weighted by atomic mass is 10.1. The van der Waals surface area contributed by atoms with Gasteiger partial charge in [0.15, 0.2) is 0 Å². The van der Waals surface area contributed by atoms with Gasteiger partial charge in [-0.25, -0.2) is 0 Å². The summed E-state index contributed by atoms with van der Waals surface area (Å²) in [6.45, 7) is 9.03. The van der Waals surface area contributed by atoms with E-state index in [9.17, 15) is 28.8 Å². The quantitative estimate of drug-likeness (QED) is 0.0324. The molecule has 0 unspecified atom stereocenters. The molecule has 0 aromatic heterocycles. The van der Waals surface area contributed by atoms with Gasteiger partial charge in [-0.15, -0.1) is 0 Å². The van der Waals surface area contributed by atoms with Crippen LogP contribution in [0.15, 0.2) is 30.3 Å². The fourth-order valence-electron chi connectivity index (χ4n) is 5.34. The van der Waals surface area contributed by atoms with Crippen LogP contribution in [-0.4, -0.2) is 238 Å². The molecule has 1 aromatic rings. The van der Waals surface area contributed by atoms with E-state index in [0.29, 0.717) is 151 Å². The third kappa shape index (κ3) is 41.3. The van der Waals surface area contributed by atoms with Crippen molar-refractivity contribution < 1.29 is 90.7 Å². The Hall–Kier alpha value is -4.48. The lowest BCUT2D eigenvalue weighted by molar-refractivity contribution is -0.138. The summed E-state index contributed by atoms with van der Waals surface area (Å²) >= 11 is 0. The summed E-state index contributed by atoms with van der Waals surface area (Å²) in [7, 11) is 1.63. The maximum atomic E-state index is 12.5. The van der Waals surface area contributed by atoms with Crippen molar-refractivity contribution in [3.63, 3.8) is 0 Å². The number of hydrogen-bond acceptors (Lipinski definition) is 19. The molecule has 5 amide bonds. The van der Waals surface area contributed by atoms with Crippen LogP contribution in [0.3, 0.4) is 0 Å². The van der Waals surface area contributed by atoms with Crippen molar-refractivity contribution >= 4 is 35.5 Å². The minimum atomic E-state index is -1.25. The first-order valence-corrected chi connectivity index (χ1v) is 23.4. The van der Waals surface area contributed by atoms with E-state index in [-0.39, 0.29) is 38.3 Å². The number of nitrogens with two attached hydrogens (primary N) is 1. The van der Waals surface area contributed by atoms with E-state index in [0.717, 1.165) is 0 Å². The van der Waals surface area contributed by atoms with Crippen LogP contribution in [-0.2, 0) is 92.0 Å². The number of hydrogen-bond donors (Lipinski definition) is 7. The molecule has 1 rings (SSSR count). The number of carboxylic acid groups (broad SMARTS) is 1. The molecule has 25 nitrogen and oxygen atoms in total. The van der Waals surface area contributed by atoms with Gasteiger partial charge in [-0.3, -0.25) is 28.8 Å². The molecule has 0 radical (unpaired) electrons. The lowest BCUT2D eigenvalue weighted by Crippen LogP contribution is -2.52. The summed E-state index contributed by atoms with van der Waals surface area (Å²) in [6, 6.07) is 6.58. The molecule has 0 aliphatic rings. The van der Waals surface area contributed by atoms with Crippen molar-refractivity contribution in [3.05, 3.63) is 35.9 Å². The monoisotopic (exact) mass is 1010 g/mol. The Labute approximate surface area is 410 Å². The highest BCUT2D eigenvalue weighted by Gasteiger charge is 2.22. The number of amides is 5. The number of benzene rings is 1. The topological polar surface area (TPSA) is 320 Å². The smallest absolute Gasteiger partial charge is 0.322 e. The predicted molar refractivity (Wildman–Crippen MR) is 250 cm³/mol. The number of methoxy groups -OCH3 is 1. The van der Waals surface area contributed by atoms with E-state index in [1.807, 2.05) is 0 Å². The molecule has 0 bridgehead atoms. The third-order valence-electron chi connectivity index (χ3n) is 8.96. The number of aliphatic carboxylic acids is 1. The van der Waals surface area contributed by atoms with E-state index in [4.69, 9.17) is 67.7 Å². The summed E-state index contributed by atoms with van der Waals surface area (Å²) in [6.07, 6.45) is 0.0593. The molecule has 0 fully saturated rings. The molecule has 0 spiro atoms. The first-order chi connectivity index (χ1) is 34.1. The van der Waals surface area contributed by atoms with E-state index in [1.54, 1.807) is 37.4 Å². The summed E-state index contributed by atoms with van der Waals surface area (Å²) in [5.74, 6) is -4.37. The zero-order valence-corrected chi connectivity index (χ0v) is 40.6. The number of carbonyl (C=O) groups excluding carboxylic acids is 5. The maximum absolute atomic E-state index is 12.5. The highest BCUT2D eigenvalue weighted by molar-refractivity contribution is 5.92. The Bertz CT molecular complexity index is 1490. The zero-order chi connectivity index (χ0) is 51.0. The largest absolute Gasteiger partial charge is 0.480 e. The van der Waals surface area contributed by atoms with Crippen molar-refractivity contribution in [2.45, 2.75) is 31.3 Å². The van der Waals surface area contributed by atoms with E-state index < -0.39 is 61.3 Å². The standard InChI is InChI=1S/C45H78N6O19/c1-59-11-12-61-15-16-63-19-20-65-23-24-67-27-28-69-31-32-70-30-29-68-26-25-66-22-21-64-18-17-62-14-13-60-10-9-47-40(52)8-7-38(46)44(57)49-34-41(53)48-35-42(54)51-39(45(58)50-36-43(55)56)33-37-5-3-2-4-6-37/h2-6,38-39H,7-36,46H2,1H3,(H,47,52)(H,48,53)(H,49,57)(H,50,58)(H,51,54)(H,55,56)/t38-,39-/m0/s1. The van der Waals surface area contributed by atoms with Crippen LogP contribution in [0, 0.1) is 0 Å². The molecule has 70 heavy (non-hydrogen) atoms. The molecular weight excluding hydrogens is 929 g/mol. The van der Waals surface area contributed by atoms with Crippen LogP contribution in [0.5, 0.6) is 0 Å². The molecule has 25 heteroatoms. The van der Waals surface area contributed by atoms with Gasteiger partial charge in [0.2, 0.25) is 29.5 Å². The first-order valence-electron chi connectivity index (χ1n) is 23.4. The second-order valence-electron chi connectivity index (χ2n) is 14.6. The number of rotatable bonds is 50. The van der Waals surface area contributed by atoms with Gasteiger partial charge in [-0.1, -0.05) is 30.3 Å². The maximum Gasteiger partial charge on any atom is 0.322 e. The van der Waals surface area contributed by atoms with Crippen LogP contribution in [0.2, 0.25) is 0 Å². The molecule has 8 N–H and O–H groups in total. The normalized spacial score (nSPS) is 12.0. The molecule has 1 aromatic carbocycles. The van der Waals surface area contributed by atoms with Crippen molar-refractivity contribution in [1.29, 1.82) is 0 Å². The highest BCUT2D eigenvalue weighted by Crippen LogP contribution is 2.04. The molecule has 0 aliphatic heterocycles. The summed E-state index contributed by atoms with van der Waals surface area (Å²) in [5, 5.41) is 20.9. The Morgan fingerprint density at radius 1 is 0.471 bits per heavy atom. The van der Waals surface area contributed by atoms with E-state index in [1.165, 1.54) is 0 Å². The minimum absolute atomic E-state index is 0.0168. The fraction of sp³-hybridized carbons (Fsp3) is 0.733. The molecule has 2 atom stereocenters. The zero-order valence-electron chi connectivity index (χ0n) is 40.6. The summed E-state index contributed by atoms with van der Waals surface area (Å²) < 4.78 is 64.8. The average molecular weight is 1010 g/mol. The Kier molecular flexibility index (Phi) is 42.5. The van der Waals surface area contributed by atoms with Gasteiger partial charge >= 0.3 is 5.97 Å². The van der Waals surface area contributed by atoms with Crippen molar-refractivity contribution in [1.82, 2.24) is 26.6 Å². The van der Waals surface area contributed by atoms with Gasteiger partial charge in [0.05, 0.1) is 171 Å². The highest BCUT2D eigenvalue weighted by atomic mass is 16.6. The van der Waals surface area contributed by atoms with Crippen molar-refractivity contribution in [2.75, 3.05) is 185 Å². The van der Waals surface area contributed by atoms with Crippen LogP contribution in [0.4, 0.5) is 0 Å². The third-order valence-corrected chi connectivity index (χ3v) is 8.96. The number of nitrogens with one attached hydrogen (secondary N) is 5. The van der Waals surface area contributed by atoms with E-state index >= 15 is 0 Å². The number of carboxylic acids is 1.